The topological polar surface area (TPSA) is 90.9 Å². The van der Waals surface area contributed by atoms with E-state index >= 15 is 0 Å². The molecule has 0 aliphatic heterocycles. The first-order chi connectivity index (χ1) is 9.52. The number of carboxylic acid groups (broad SMARTS) is 1. The fraction of sp³-hybridized carbons (Fsp3) is 0.846. The van der Waals surface area contributed by atoms with Gasteiger partial charge in [-0.3, -0.25) is 4.79 Å². The predicted octanol–water partition coefficient (Wildman–Crippen LogP) is 0.117. The normalized spacial score (nSPS) is 21.9. The van der Waals surface area contributed by atoms with E-state index in [0.717, 1.165) is 19.5 Å². The summed E-state index contributed by atoms with van der Waals surface area (Å²) < 4.78 is 4.97. The molecule has 0 aromatic heterocycles. The van der Waals surface area contributed by atoms with Crippen molar-refractivity contribution in [2.75, 3.05) is 40.4 Å². The summed E-state index contributed by atoms with van der Waals surface area (Å²) in [5.41, 5.74) is 0. The van der Waals surface area contributed by atoms with Crippen molar-refractivity contribution in [1.82, 2.24) is 15.5 Å². The quantitative estimate of drug-likeness (QED) is 0.590. The van der Waals surface area contributed by atoms with Crippen LogP contribution in [0.4, 0.5) is 4.79 Å². The molecule has 7 heteroatoms. The summed E-state index contributed by atoms with van der Waals surface area (Å²) in [5, 5.41) is 14.5. The van der Waals surface area contributed by atoms with Crippen LogP contribution < -0.4 is 10.6 Å². The van der Waals surface area contributed by atoms with E-state index in [-0.39, 0.29) is 18.0 Å². The molecule has 1 aliphatic rings. The summed E-state index contributed by atoms with van der Waals surface area (Å²) in [7, 11) is 3.62. The minimum Gasteiger partial charge on any atom is -0.481 e. The molecule has 0 spiro atoms. The molecule has 20 heavy (non-hydrogen) atoms. The van der Waals surface area contributed by atoms with Gasteiger partial charge in [-0.15, -0.1) is 0 Å². The van der Waals surface area contributed by atoms with Gasteiger partial charge in [0, 0.05) is 32.8 Å². The van der Waals surface area contributed by atoms with Gasteiger partial charge in [0.25, 0.3) is 0 Å². The van der Waals surface area contributed by atoms with E-state index in [0.29, 0.717) is 26.0 Å². The number of rotatable bonds is 8. The van der Waals surface area contributed by atoms with Crippen LogP contribution in [0.25, 0.3) is 0 Å². The third-order valence-corrected chi connectivity index (χ3v) is 3.57. The standard InChI is InChI=1S/C13H25N3O4/c1-16(7-8-20-2)6-5-14-13(19)15-11-4-3-10(9-11)12(17)18/h10-11H,3-9H2,1-2H3,(H,17,18)(H2,14,15,19). The summed E-state index contributed by atoms with van der Waals surface area (Å²) in [6.45, 7) is 2.80. The lowest BCUT2D eigenvalue weighted by molar-refractivity contribution is -0.141. The Balaban J connectivity index is 2.10. The molecule has 0 aromatic carbocycles. The maximum Gasteiger partial charge on any atom is 0.315 e. The molecule has 1 rings (SSSR count). The SMILES string of the molecule is COCCN(C)CCNC(=O)NC1CCC(C(=O)O)C1. The second-order valence-corrected chi connectivity index (χ2v) is 5.24. The number of aliphatic carboxylic acids is 1. The summed E-state index contributed by atoms with van der Waals surface area (Å²) >= 11 is 0. The summed E-state index contributed by atoms with van der Waals surface area (Å²) in [5.74, 6) is -1.09. The van der Waals surface area contributed by atoms with Crippen molar-refractivity contribution in [1.29, 1.82) is 0 Å². The first kappa shape index (κ1) is 16.7. The van der Waals surface area contributed by atoms with Gasteiger partial charge in [-0.25, -0.2) is 4.79 Å². The molecule has 0 aromatic rings. The maximum absolute atomic E-state index is 11.7. The number of hydrogen-bond acceptors (Lipinski definition) is 4. The third-order valence-electron chi connectivity index (χ3n) is 3.57. The Hall–Kier alpha value is -1.34. The molecule has 0 radical (unpaired) electrons. The smallest absolute Gasteiger partial charge is 0.315 e. The largest absolute Gasteiger partial charge is 0.481 e. The van der Waals surface area contributed by atoms with Crippen molar-refractivity contribution < 1.29 is 19.4 Å². The Labute approximate surface area is 119 Å². The highest BCUT2D eigenvalue weighted by Crippen LogP contribution is 2.25. The lowest BCUT2D eigenvalue weighted by atomic mass is 10.1. The highest BCUT2D eigenvalue weighted by molar-refractivity contribution is 5.75. The molecular formula is C13H25N3O4. The molecule has 2 amide bonds. The molecule has 7 nitrogen and oxygen atoms in total. The number of urea groups is 1. The van der Waals surface area contributed by atoms with E-state index in [1.54, 1.807) is 7.11 Å². The number of likely N-dealkylation sites (N-methyl/N-ethyl adjacent to an activating group) is 1. The molecule has 0 bridgehead atoms. The second kappa shape index (κ2) is 8.76. The molecule has 0 heterocycles. The van der Waals surface area contributed by atoms with Gasteiger partial charge >= 0.3 is 12.0 Å². The van der Waals surface area contributed by atoms with Crippen molar-refractivity contribution in [2.24, 2.45) is 5.92 Å². The number of nitrogens with zero attached hydrogens (tertiary/aromatic N) is 1. The minimum atomic E-state index is -0.769. The third kappa shape index (κ3) is 6.21. The summed E-state index contributed by atoms with van der Waals surface area (Å²) in [4.78, 5) is 24.5. The van der Waals surface area contributed by atoms with Crippen LogP contribution in [0, 0.1) is 5.92 Å². The number of methoxy groups -OCH3 is 1. The lowest BCUT2D eigenvalue weighted by Gasteiger charge is -2.17. The van der Waals surface area contributed by atoms with Gasteiger partial charge < -0.3 is 25.4 Å². The Morgan fingerprint density at radius 2 is 2.10 bits per heavy atom. The molecule has 3 N–H and O–H groups in total. The summed E-state index contributed by atoms with van der Waals surface area (Å²) in [6.07, 6.45) is 1.90. The van der Waals surface area contributed by atoms with E-state index < -0.39 is 5.97 Å². The maximum atomic E-state index is 11.7. The zero-order valence-corrected chi connectivity index (χ0v) is 12.2. The van der Waals surface area contributed by atoms with Gasteiger partial charge in [0.2, 0.25) is 0 Å². The van der Waals surface area contributed by atoms with Crippen molar-refractivity contribution in [2.45, 2.75) is 25.3 Å². The van der Waals surface area contributed by atoms with Gasteiger partial charge in [-0.1, -0.05) is 0 Å². The minimum absolute atomic E-state index is 0.0256. The highest BCUT2D eigenvalue weighted by atomic mass is 16.5. The van der Waals surface area contributed by atoms with E-state index in [9.17, 15) is 9.59 Å². The van der Waals surface area contributed by atoms with Crippen molar-refractivity contribution >= 4 is 12.0 Å². The number of ether oxygens (including phenoxy) is 1. The number of nitrogens with one attached hydrogen (secondary N) is 2. The number of carbonyl (C=O) groups excluding carboxylic acids is 1. The zero-order chi connectivity index (χ0) is 15.0. The number of carbonyl (C=O) groups is 2. The number of amides is 2. The summed E-state index contributed by atoms with van der Waals surface area (Å²) in [6, 6.07) is -0.247. The Morgan fingerprint density at radius 1 is 1.35 bits per heavy atom. The van der Waals surface area contributed by atoms with Gasteiger partial charge in [0.15, 0.2) is 0 Å². The van der Waals surface area contributed by atoms with Crippen LogP contribution in [-0.2, 0) is 9.53 Å². The van der Waals surface area contributed by atoms with Crippen LogP contribution in [0.15, 0.2) is 0 Å². The molecule has 2 atom stereocenters. The predicted molar refractivity (Wildman–Crippen MR) is 74.7 cm³/mol. The Bertz CT molecular complexity index is 325. The van der Waals surface area contributed by atoms with Gasteiger partial charge in [0.05, 0.1) is 12.5 Å². The lowest BCUT2D eigenvalue weighted by Crippen LogP contribution is -2.43. The molecule has 0 saturated heterocycles. The fourth-order valence-electron chi connectivity index (χ4n) is 2.29. The zero-order valence-electron chi connectivity index (χ0n) is 12.2. The Morgan fingerprint density at radius 3 is 2.70 bits per heavy atom. The van der Waals surface area contributed by atoms with Crippen LogP contribution >= 0.6 is 0 Å². The first-order valence-corrected chi connectivity index (χ1v) is 6.97. The van der Waals surface area contributed by atoms with Crippen LogP contribution in [-0.4, -0.2) is 68.4 Å². The van der Waals surface area contributed by atoms with Crippen molar-refractivity contribution in [3.8, 4) is 0 Å². The van der Waals surface area contributed by atoms with Crippen LogP contribution in [0.2, 0.25) is 0 Å². The van der Waals surface area contributed by atoms with E-state index in [1.807, 2.05) is 7.05 Å². The first-order valence-electron chi connectivity index (χ1n) is 6.97. The molecule has 1 saturated carbocycles. The monoisotopic (exact) mass is 287 g/mol. The average molecular weight is 287 g/mol. The van der Waals surface area contributed by atoms with Crippen LogP contribution in [0.3, 0.4) is 0 Å². The van der Waals surface area contributed by atoms with Crippen molar-refractivity contribution in [3.05, 3.63) is 0 Å². The molecule has 116 valence electrons. The Kier molecular flexibility index (Phi) is 7.32. The number of carboxylic acids is 1. The van der Waals surface area contributed by atoms with Crippen LogP contribution in [0.5, 0.6) is 0 Å². The molecule has 1 fully saturated rings. The van der Waals surface area contributed by atoms with Gasteiger partial charge in [0.1, 0.15) is 0 Å². The average Bonchev–Trinajstić information content (AvgIpc) is 2.85. The van der Waals surface area contributed by atoms with E-state index in [1.165, 1.54) is 0 Å². The van der Waals surface area contributed by atoms with Gasteiger partial charge in [-0.05, 0) is 26.3 Å². The fourth-order valence-corrected chi connectivity index (χ4v) is 2.29. The van der Waals surface area contributed by atoms with Crippen molar-refractivity contribution in [3.63, 3.8) is 0 Å². The highest BCUT2D eigenvalue weighted by Gasteiger charge is 2.30. The van der Waals surface area contributed by atoms with E-state index in [4.69, 9.17) is 9.84 Å². The second-order valence-electron chi connectivity index (χ2n) is 5.24. The number of hydrogen-bond donors (Lipinski definition) is 3. The molecular weight excluding hydrogens is 262 g/mol. The molecule has 1 aliphatic carbocycles. The van der Waals surface area contributed by atoms with E-state index in [2.05, 4.69) is 15.5 Å². The van der Waals surface area contributed by atoms with Gasteiger partial charge in [-0.2, -0.15) is 0 Å². The van der Waals surface area contributed by atoms with Crippen LogP contribution in [0.1, 0.15) is 19.3 Å². The molecule has 2 unspecified atom stereocenters.